The molecule has 0 unspecified atom stereocenters. The number of fused-ring (bicyclic) bond motifs is 1. The molecular weight excluding hydrogens is 438 g/mol. The van der Waals surface area contributed by atoms with Gasteiger partial charge in [-0.05, 0) is 95.4 Å². The molecule has 0 atom stereocenters. The van der Waals surface area contributed by atoms with Gasteiger partial charge in [0.2, 0.25) is 0 Å². The molecule has 0 spiro atoms. The Labute approximate surface area is 208 Å². The maximum atomic E-state index is 13.0. The van der Waals surface area contributed by atoms with Crippen molar-refractivity contribution < 1.29 is 13.9 Å². The maximum Gasteiger partial charge on any atom is 0.339 e. The molecule has 0 amide bonds. The Morgan fingerprint density at radius 2 is 1.86 bits per heavy atom. The van der Waals surface area contributed by atoms with Crippen molar-refractivity contribution in [2.75, 3.05) is 19.7 Å². The second-order valence-corrected chi connectivity index (χ2v) is 9.34. The van der Waals surface area contributed by atoms with E-state index in [0.717, 1.165) is 54.4 Å². The van der Waals surface area contributed by atoms with Gasteiger partial charge in [-0.3, -0.25) is 4.79 Å². The van der Waals surface area contributed by atoms with Crippen LogP contribution in [0.4, 0.5) is 0 Å². The van der Waals surface area contributed by atoms with Gasteiger partial charge in [-0.2, -0.15) is 0 Å². The molecule has 3 aromatic rings. The van der Waals surface area contributed by atoms with Crippen LogP contribution in [0.5, 0.6) is 5.75 Å². The first kappa shape index (κ1) is 26.4. The Balaban J connectivity index is 1.75. The molecule has 0 radical (unpaired) electrons. The molecular formula is C30H37NO4. The first-order chi connectivity index (χ1) is 16.8. The minimum absolute atomic E-state index is 0.00543. The van der Waals surface area contributed by atoms with Gasteiger partial charge in [0.1, 0.15) is 11.3 Å². The van der Waals surface area contributed by atoms with Gasteiger partial charge in [0.15, 0.2) is 5.78 Å². The van der Waals surface area contributed by atoms with E-state index in [1.807, 2.05) is 44.2 Å². The third-order valence-electron chi connectivity index (χ3n) is 6.11. The smallest absolute Gasteiger partial charge is 0.339 e. The zero-order valence-corrected chi connectivity index (χ0v) is 21.6. The molecule has 1 heterocycles. The standard InChI is InChI=1S/C30H37NO4/c1-6-14-31-15-7-16-34-28-13-12-25-18-26(30(33)35-29(25)22(28)5)19-27(32)24-11-9-21(4)23(17-24)10-8-20(2)3/h8-9,11-13,17-18,31H,6-7,10,14-16,19H2,1-5H3. The zero-order valence-electron chi connectivity index (χ0n) is 21.6. The highest BCUT2D eigenvalue weighted by Crippen LogP contribution is 2.27. The van der Waals surface area contributed by atoms with Crippen molar-refractivity contribution >= 4 is 16.8 Å². The molecule has 0 aliphatic rings. The summed E-state index contributed by atoms with van der Waals surface area (Å²) in [4.78, 5) is 25.8. The highest BCUT2D eigenvalue weighted by Gasteiger charge is 2.15. The van der Waals surface area contributed by atoms with Crippen molar-refractivity contribution in [1.82, 2.24) is 5.32 Å². The largest absolute Gasteiger partial charge is 0.493 e. The fourth-order valence-corrected chi connectivity index (χ4v) is 3.96. The summed E-state index contributed by atoms with van der Waals surface area (Å²) >= 11 is 0. The first-order valence-corrected chi connectivity index (χ1v) is 12.5. The van der Waals surface area contributed by atoms with E-state index in [9.17, 15) is 9.59 Å². The fourth-order valence-electron chi connectivity index (χ4n) is 3.96. The summed E-state index contributed by atoms with van der Waals surface area (Å²) in [6.07, 6.45) is 4.95. The molecule has 35 heavy (non-hydrogen) atoms. The molecule has 186 valence electrons. The molecule has 5 nitrogen and oxygen atoms in total. The summed E-state index contributed by atoms with van der Waals surface area (Å²) in [6, 6.07) is 11.3. The maximum absolute atomic E-state index is 13.0. The Morgan fingerprint density at radius 1 is 1.06 bits per heavy atom. The molecule has 0 aliphatic heterocycles. The van der Waals surface area contributed by atoms with Gasteiger partial charge >= 0.3 is 5.63 Å². The van der Waals surface area contributed by atoms with Crippen LogP contribution >= 0.6 is 0 Å². The number of ether oxygens (including phenoxy) is 1. The molecule has 5 heteroatoms. The molecule has 0 fully saturated rings. The van der Waals surface area contributed by atoms with Crippen LogP contribution in [0.2, 0.25) is 0 Å². The van der Waals surface area contributed by atoms with Gasteiger partial charge < -0.3 is 14.5 Å². The third kappa shape index (κ3) is 7.15. The van der Waals surface area contributed by atoms with Crippen LogP contribution in [0.1, 0.15) is 66.2 Å². The van der Waals surface area contributed by atoms with Crippen molar-refractivity contribution in [2.45, 2.75) is 60.3 Å². The molecule has 3 rings (SSSR count). The van der Waals surface area contributed by atoms with E-state index < -0.39 is 5.63 Å². The predicted molar refractivity (Wildman–Crippen MR) is 143 cm³/mol. The van der Waals surface area contributed by atoms with E-state index >= 15 is 0 Å². The Bertz CT molecular complexity index is 1270. The van der Waals surface area contributed by atoms with Gasteiger partial charge in [0.05, 0.1) is 6.61 Å². The normalized spacial score (nSPS) is 11.0. The van der Waals surface area contributed by atoms with E-state index in [-0.39, 0.29) is 12.2 Å². The third-order valence-corrected chi connectivity index (χ3v) is 6.11. The summed E-state index contributed by atoms with van der Waals surface area (Å²) in [5.41, 5.74) is 5.30. The van der Waals surface area contributed by atoms with Gasteiger partial charge in [-0.1, -0.05) is 30.7 Å². The minimum atomic E-state index is -0.480. The Hall–Kier alpha value is -3.18. The van der Waals surface area contributed by atoms with Crippen LogP contribution in [0.15, 0.2) is 57.3 Å². The number of nitrogens with one attached hydrogen (secondary N) is 1. The SMILES string of the molecule is CCCNCCCOc1ccc2cc(CC(=O)c3ccc(C)c(CC=C(C)C)c3)c(=O)oc2c1C. The number of carbonyl (C=O) groups excluding carboxylic acids is 1. The van der Waals surface area contributed by atoms with Gasteiger partial charge in [0, 0.05) is 28.5 Å². The first-order valence-electron chi connectivity index (χ1n) is 12.5. The van der Waals surface area contributed by atoms with Crippen LogP contribution in [0, 0.1) is 13.8 Å². The predicted octanol–water partition coefficient (Wildman–Crippen LogP) is 6.11. The van der Waals surface area contributed by atoms with Gasteiger partial charge in [0.25, 0.3) is 0 Å². The number of aryl methyl sites for hydroxylation is 2. The van der Waals surface area contributed by atoms with Crippen molar-refractivity contribution in [3.8, 4) is 5.75 Å². The van der Waals surface area contributed by atoms with E-state index in [4.69, 9.17) is 9.15 Å². The second kappa shape index (κ2) is 12.5. The number of benzene rings is 2. The van der Waals surface area contributed by atoms with E-state index in [1.165, 1.54) is 5.57 Å². The summed E-state index contributed by atoms with van der Waals surface area (Å²) in [5.74, 6) is 0.618. The monoisotopic (exact) mass is 475 g/mol. The Kier molecular flexibility index (Phi) is 9.44. The topological polar surface area (TPSA) is 68.5 Å². The lowest BCUT2D eigenvalue weighted by Crippen LogP contribution is -2.18. The van der Waals surface area contributed by atoms with E-state index in [0.29, 0.717) is 29.1 Å². The van der Waals surface area contributed by atoms with Gasteiger partial charge in [-0.25, -0.2) is 4.79 Å². The van der Waals surface area contributed by atoms with Crippen molar-refractivity contribution in [3.05, 3.63) is 86.3 Å². The average Bonchev–Trinajstić information content (AvgIpc) is 2.83. The average molecular weight is 476 g/mol. The Morgan fingerprint density at radius 3 is 2.60 bits per heavy atom. The molecule has 1 aromatic heterocycles. The zero-order chi connectivity index (χ0) is 25.4. The number of carbonyl (C=O) groups is 1. The number of Topliss-reactive ketones (excluding diaryl/α,β-unsaturated/α-hetero) is 1. The number of allylic oxidation sites excluding steroid dienone is 2. The highest BCUT2D eigenvalue weighted by atomic mass is 16.5. The summed E-state index contributed by atoms with van der Waals surface area (Å²) in [6.45, 7) is 12.7. The van der Waals surface area contributed by atoms with Crippen molar-refractivity contribution in [2.24, 2.45) is 0 Å². The quantitative estimate of drug-likeness (QED) is 0.148. The highest BCUT2D eigenvalue weighted by molar-refractivity contribution is 5.98. The molecule has 0 saturated heterocycles. The molecule has 0 bridgehead atoms. The lowest BCUT2D eigenvalue weighted by molar-refractivity contribution is 0.0992. The van der Waals surface area contributed by atoms with E-state index in [1.54, 1.807) is 6.07 Å². The van der Waals surface area contributed by atoms with Crippen LogP contribution in [-0.2, 0) is 12.8 Å². The van der Waals surface area contributed by atoms with Crippen molar-refractivity contribution in [1.29, 1.82) is 0 Å². The van der Waals surface area contributed by atoms with Gasteiger partial charge in [-0.15, -0.1) is 0 Å². The molecule has 0 saturated carbocycles. The van der Waals surface area contributed by atoms with Crippen LogP contribution in [0.25, 0.3) is 11.0 Å². The number of ketones is 1. The fraction of sp³-hybridized carbons (Fsp3) is 0.400. The number of hydrogen-bond acceptors (Lipinski definition) is 5. The van der Waals surface area contributed by atoms with E-state index in [2.05, 4.69) is 32.2 Å². The summed E-state index contributed by atoms with van der Waals surface area (Å²) < 4.78 is 11.6. The van der Waals surface area contributed by atoms with Crippen molar-refractivity contribution in [3.63, 3.8) is 0 Å². The lowest BCUT2D eigenvalue weighted by Gasteiger charge is -2.11. The minimum Gasteiger partial charge on any atom is -0.493 e. The van der Waals surface area contributed by atoms with Crippen LogP contribution in [0.3, 0.4) is 0 Å². The van der Waals surface area contributed by atoms with Crippen LogP contribution in [-0.4, -0.2) is 25.5 Å². The molecule has 1 N–H and O–H groups in total. The summed E-state index contributed by atoms with van der Waals surface area (Å²) in [5, 5.41) is 4.14. The lowest BCUT2D eigenvalue weighted by atomic mass is 9.97. The second-order valence-electron chi connectivity index (χ2n) is 9.34. The molecule has 0 aliphatic carbocycles. The van der Waals surface area contributed by atoms with Crippen LogP contribution < -0.4 is 15.7 Å². The number of rotatable bonds is 12. The number of hydrogen-bond donors (Lipinski definition) is 1. The summed E-state index contributed by atoms with van der Waals surface area (Å²) in [7, 11) is 0. The molecule has 2 aromatic carbocycles.